The van der Waals surface area contributed by atoms with E-state index in [1.54, 1.807) is 11.3 Å². The molecule has 3 heterocycles. The number of alkyl halides is 3. The molecule has 1 aliphatic heterocycles. The second-order valence-electron chi connectivity index (χ2n) is 9.57. The highest BCUT2D eigenvalue weighted by atomic mass is 32.1. The number of aliphatic hydroxyl groups excluding tert-OH is 1. The molecule has 0 saturated carbocycles. The number of rotatable bonds is 9. The van der Waals surface area contributed by atoms with Gasteiger partial charge in [0.25, 0.3) is 5.89 Å². The van der Waals surface area contributed by atoms with Gasteiger partial charge < -0.3 is 20.1 Å². The number of hydrogen-bond donors (Lipinski definition) is 2. The lowest BCUT2D eigenvalue weighted by Crippen LogP contribution is -2.59. The maximum atomic E-state index is 12.8. The van der Waals surface area contributed by atoms with E-state index in [2.05, 4.69) is 15.1 Å². The Morgan fingerprint density at radius 1 is 1.23 bits per heavy atom. The first-order chi connectivity index (χ1) is 19.0. The Hall–Kier alpha value is -3.59. The fourth-order valence-electron chi connectivity index (χ4n) is 4.57. The minimum atomic E-state index is -4.43. The number of benzene rings is 2. The zero-order chi connectivity index (χ0) is 28.4. The molecular formula is C26H27F3N6O4S. The standard InChI is InChI=1S/C26H27F3N6O4S/c1-15-31-20-10-19(6-7-22(20)40-15)38-14-18(36)11-35-9-8-34(12-21(35)24(30)37)13-23-32-25(39-33-23)16-2-4-17(5-3-16)26(27,28)29/h2-7,10,18,21,36H,8-9,11-14H2,1H3,(H2,30,37). The molecule has 0 bridgehead atoms. The first kappa shape index (κ1) is 28.0. The van der Waals surface area contributed by atoms with Gasteiger partial charge in [-0.15, -0.1) is 11.3 Å². The molecule has 14 heteroatoms. The van der Waals surface area contributed by atoms with Crippen LogP contribution in [0.2, 0.25) is 0 Å². The zero-order valence-electron chi connectivity index (χ0n) is 21.5. The third-order valence-corrected chi connectivity index (χ3v) is 7.50. The Kier molecular flexibility index (Phi) is 8.03. The van der Waals surface area contributed by atoms with Crippen LogP contribution in [0.4, 0.5) is 13.2 Å². The normalized spacial score (nSPS) is 17.8. The third-order valence-electron chi connectivity index (χ3n) is 6.55. The minimum Gasteiger partial charge on any atom is -0.491 e. The molecule has 10 nitrogen and oxygen atoms in total. The first-order valence-electron chi connectivity index (χ1n) is 12.5. The van der Waals surface area contributed by atoms with Crippen LogP contribution in [0, 0.1) is 6.92 Å². The number of ether oxygens (including phenoxy) is 1. The molecule has 2 unspecified atom stereocenters. The maximum absolute atomic E-state index is 12.8. The fourth-order valence-corrected chi connectivity index (χ4v) is 5.38. The maximum Gasteiger partial charge on any atom is 0.416 e. The molecule has 2 aromatic carbocycles. The molecule has 4 aromatic rings. The van der Waals surface area contributed by atoms with Gasteiger partial charge in [0.05, 0.1) is 27.3 Å². The van der Waals surface area contributed by atoms with Crippen molar-refractivity contribution in [1.82, 2.24) is 24.9 Å². The van der Waals surface area contributed by atoms with E-state index in [-0.39, 0.29) is 32.1 Å². The quantitative estimate of drug-likeness (QED) is 0.309. The molecule has 0 spiro atoms. The number of nitrogens with zero attached hydrogens (tertiary/aromatic N) is 5. The monoisotopic (exact) mass is 576 g/mol. The number of nitrogens with two attached hydrogens (primary N) is 1. The average molecular weight is 577 g/mol. The van der Waals surface area contributed by atoms with Crippen LogP contribution in [0.1, 0.15) is 16.4 Å². The number of carbonyl (C=O) groups excluding carboxylic acids is 1. The Balaban J connectivity index is 1.14. The van der Waals surface area contributed by atoms with Gasteiger partial charge in [0.1, 0.15) is 24.5 Å². The number of fused-ring (bicyclic) bond motifs is 1. The minimum absolute atomic E-state index is 0.0376. The predicted molar refractivity (Wildman–Crippen MR) is 140 cm³/mol. The van der Waals surface area contributed by atoms with E-state index in [0.717, 1.165) is 27.4 Å². The molecular weight excluding hydrogens is 549 g/mol. The third kappa shape index (κ3) is 6.58. The lowest BCUT2D eigenvalue weighted by atomic mass is 10.1. The summed E-state index contributed by atoms with van der Waals surface area (Å²) in [4.78, 5) is 24.7. The van der Waals surface area contributed by atoms with Crippen LogP contribution < -0.4 is 10.5 Å². The molecule has 3 N–H and O–H groups in total. The van der Waals surface area contributed by atoms with Crippen molar-refractivity contribution in [3.05, 3.63) is 58.9 Å². The topological polar surface area (TPSA) is 131 Å². The van der Waals surface area contributed by atoms with Crippen molar-refractivity contribution in [3.63, 3.8) is 0 Å². The van der Waals surface area contributed by atoms with Crippen molar-refractivity contribution in [2.75, 3.05) is 32.8 Å². The molecule has 1 fully saturated rings. The van der Waals surface area contributed by atoms with E-state index in [9.17, 15) is 23.1 Å². The molecule has 1 aliphatic rings. The first-order valence-corrected chi connectivity index (χ1v) is 13.3. The molecule has 5 rings (SSSR count). The number of thiazole rings is 1. The second kappa shape index (κ2) is 11.5. The molecule has 212 valence electrons. The van der Waals surface area contributed by atoms with Crippen molar-refractivity contribution >= 4 is 27.5 Å². The number of aliphatic hydroxyl groups is 1. The van der Waals surface area contributed by atoms with Gasteiger partial charge in [0, 0.05) is 37.8 Å². The van der Waals surface area contributed by atoms with Crippen LogP contribution in [0.3, 0.4) is 0 Å². The summed E-state index contributed by atoms with van der Waals surface area (Å²) in [6.45, 7) is 3.71. The largest absolute Gasteiger partial charge is 0.491 e. The van der Waals surface area contributed by atoms with Crippen LogP contribution in [-0.4, -0.2) is 80.9 Å². The number of primary amides is 1. The second-order valence-corrected chi connectivity index (χ2v) is 10.8. The molecule has 1 amide bonds. The number of piperazine rings is 1. The smallest absolute Gasteiger partial charge is 0.416 e. The van der Waals surface area contributed by atoms with Crippen molar-refractivity contribution in [1.29, 1.82) is 0 Å². The number of hydrogen-bond acceptors (Lipinski definition) is 10. The van der Waals surface area contributed by atoms with Crippen molar-refractivity contribution < 1.29 is 32.3 Å². The number of halogens is 3. The fraction of sp³-hybridized carbons (Fsp3) is 0.385. The number of carbonyl (C=O) groups is 1. The van der Waals surface area contributed by atoms with Gasteiger partial charge in [-0.2, -0.15) is 18.2 Å². The number of aromatic nitrogens is 3. The van der Waals surface area contributed by atoms with Gasteiger partial charge in [-0.3, -0.25) is 14.6 Å². The summed E-state index contributed by atoms with van der Waals surface area (Å²) in [5.41, 5.74) is 6.11. The van der Waals surface area contributed by atoms with E-state index in [0.29, 0.717) is 30.2 Å². The van der Waals surface area contributed by atoms with Gasteiger partial charge in [-0.05, 0) is 43.3 Å². The van der Waals surface area contributed by atoms with E-state index in [1.165, 1.54) is 12.1 Å². The lowest BCUT2D eigenvalue weighted by molar-refractivity contribution is -0.137. The molecule has 0 radical (unpaired) electrons. The van der Waals surface area contributed by atoms with Gasteiger partial charge >= 0.3 is 6.18 Å². The summed E-state index contributed by atoms with van der Waals surface area (Å²) < 4.78 is 50.5. The highest BCUT2D eigenvalue weighted by Gasteiger charge is 2.33. The molecule has 1 saturated heterocycles. The number of β-amino-alcohol motifs (C(OH)–C–C–N with tert-alkyl or cyclic N) is 1. The number of aryl methyl sites for hydroxylation is 1. The summed E-state index contributed by atoms with van der Waals surface area (Å²) in [5.74, 6) is 0.498. The summed E-state index contributed by atoms with van der Waals surface area (Å²) in [6, 6.07) is 9.39. The zero-order valence-corrected chi connectivity index (χ0v) is 22.3. The highest BCUT2D eigenvalue weighted by Crippen LogP contribution is 2.31. The number of amides is 1. The van der Waals surface area contributed by atoms with Crippen molar-refractivity contribution in [2.24, 2.45) is 5.73 Å². The Morgan fingerprint density at radius 2 is 2.00 bits per heavy atom. The molecule has 2 atom stereocenters. The van der Waals surface area contributed by atoms with Gasteiger partial charge in [0.2, 0.25) is 5.91 Å². The lowest BCUT2D eigenvalue weighted by Gasteiger charge is -2.40. The molecule has 0 aliphatic carbocycles. The van der Waals surface area contributed by atoms with E-state index >= 15 is 0 Å². The van der Waals surface area contributed by atoms with Gasteiger partial charge in [0.15, 0.2) is 5.82 Å². The van der Waals surface area contributed by atoms with Crippen LogP contribution in [0.25, 0.3) is 21.7 Å². The van der Waals surface area contributed by atoms with E-state index in [4.69, 9.17) is 15.0 Å². The Bertz CT molecular complexity index is 1480. The summed E-state index contributed by atoms with van der Waals surface area (Å²) in [7, 11) is 0. The Morgan fingerprint density at radius 3 is 2.73 bits per heavy atom. The van der Waals surface area contributed by atoms with Crippen LogP contribution in [0.5, 0.6) is 5.75 Å². The highest BCUT2D eigenvalue weighted by molar-refractivity contribution is 7.18. The van der Waals surface area contributed by atoms with Gasteiger partial charge in [-0.25, -0.2) is 4.98 Å². The van der Waals surface area contributed by atoms with Crippen molar-refractivity contribution in [2.45, 2.75) is 31.8 Å². The summed E-state index contributed by atoms with van der Waals surface area (Å²) in [6.07, 6.45) is -5.29. The average Bonchev–Trinajstić information content (AvgIpc) is 3.53. The van der Waals surface area contributed by atoms with Crippen LogP contribution in [0.15, 0.2) is 47.0 Å². The predicted octanol–water partition coefficient (Wildman–Crippen LogP) is 3.08. The SMILES string of the molecule is Cc1nc2cc(OCC(O)CN3CCN(Cc4noc(-c5ccc(C(F)(F)F)cc5)n4)CC3C(N)=O)ccc2s1. The Labute approximate surface area is 231 Å². The summed E-state index contributed by atoms with van der Waals surface area (Å²) >= 11 is 1.60. The van der Waals surface area contributed by atoms with E-state index in [1.807, 2.05) is 34.9 Å². The molecule has 2 aromatic heterocycles. The van der Waals surface area contributed by atoms with E-state index < -0.39 is 29.8 Å². The summed E-state index contributed by atoms with van der Waals surface area (Å²) in [5, 5.41) is 15.5. The van der Waals surface area contributed by atoms with Crippen LogP contribution in [-0.2, 0) is 17.5 Å². The van der Waals surface area contributed by atoms with Gasteiger partial charge in [-0.1, -0.05) is 5.16 Å². The van der Waals surface area contributed by atoms with Crippen LogP contribution >= 0.6 is 11.3 Å². The van der Waals surface area contributed by atoms with Crippen molar-refractivity contribution in [3.8, 4) is 17.2 Å². The molecule has 40 heavy (non-hydrogen) atoms.